The van der Waals surface area contributed by atoms with E-state index in [0.29, 0.717) is 0 Å². The van der Waals surface area contributed by atoms with E-state index in [9.17, 15) is 0 Å². The minimum absolute atomic E-state index is 0.911. The van der Waals surface area contributed by atoms with Crippen molar-refractivity contribution >= 4 is 0 Å². The zero-order chi connectivity index (χ0) is 17.7. The predicted molar refractivity (Wildman–Crippen MR) is 113 cm³/mol. The molecule has 0 aliphatic heterocycles. The minimum atomic E-state index is 0.911. The Morgan fingerprint density at radius 2 is 1.32 bits per heavy atom. The summed E-state index contributed by atoms with van der Waals surface area (Å²) in [6, 6.07) is 0. The van der Waals surface area contributed by atoms with Crippen molar-refractivity contribution in [2.45, 2.75) is 123 Å². The van der Waals surface area contributed by atoms with E-state index in [1.165, 1.54) is 96.3 Å². The third-order valence-electron chi connectivity index (χ3n) is 7.18. The fraction of sp³-hybridized carbons (Fsp3) is 0.920. The Hall–Kier alpha value is -0.260. The Morgan fingerprint density at radius 3 is 2.00 bits per heavy atom. The van der Waals surface area contributed by atoms with Crippen LogP contribution < -0.4 is 0 Å². The summed E-state index contributed by atoms with van der Waals surface area (Å²) in [4.78, 5) is 0. The second-order valence-corrected chi connectivity index (χ2v) is 9.24. The van der Waals surface area contributed by atoms with Crippen LogP contribution in [0.3, 0.4) is 0 Å². The summed E-state index contributed by atoms with van der Waals surface area (Å²) in [7, 11) is 0. The standard InChI is InChI=1S/C25H46/c1-3-5-7-14-24-16-10-11-17-25(24)15-9-8-13-23-20-18-22(19-21-23)12-6-4-2/h7,14,22-25H,3-6,8-13,15-21H2,1-2H3. The van der Waals surface area contributed by atoms with Gasteiger partial charge in [-0.15, -0.1) is 0 Å². The van der Waals surface area contributed by atoms with Crippen LogP contribution in [0.2, 0.25) is 0 Å². The third kappa shape index (κ3) is 8.31. The zero-order valence-corrected chi connectivity index (χ0v) is 17.5. The molecule has 0 spiro atoms. The van der Waals surface area contributed by atoms with Crippen LogP contribution >= 0.6 is 0 Å². The molecule has 0 N–H and O–H groups in total. The molecule has 0 amide bonds. The maximum atomic E-state index is 2.59. The molecule has 0 nitrogen and oxygen atoms in total. The summed E-state index contributed by atoms with van der Waals surface area (Å²) < 4.78 is 0. The Morgan fingerprint density at radius 1 is 0.680 bits per heavy atom. The predicted octanol–water partition coefficient (Wildman–Crippen LogP) is 8.71. The van der Waals surface area contributed by atoms with Crippen molar-refractivity contribution < 1.29 is 0 Å². The molecule has 25 heavy (non-hydrogen) atoms. The molecule has 146 valence electrons. The van der Waals surface area contributed by atoms with Gasteiger partial charge in [0.15, 0.2) is 0 Å². The third-order valence-corrected chi connectivity index (χ3v) is 7.18. The fourth-order valence-corrected chi connectivity index (χ4v) is 5.43. The molecule has 0 aromatic carbocycles. The molecular formula is C25H46. The van der Waals surface area contributed by atoms with Crippen LogP contribution in [0.15, 0.2) is 12.2 Å². The van der Waals surface area contributed by atoms with Gasteiger partial charge in [0.05, 0.1) is 0 Å². The van der Waals surface area contributed by atoms with Crippen molar-refractivity contribution in [1.29, 1.82) is 0 Å². The SMILES string of the molecule is CCCC=CC1CCCCC1CCCCC1CCC(CCCC)CC1. The average Bonchev–Trinajstić information content (AvgIpc) is 2.66. The highest BCUT2D eigenvalue weighted by Crippen LogP contribution is 2.37. The highest BCUT2D eigenvalue weighted by molar-refractivity contribution is 4.93. The van der Waals surface area contributed by atoms with E-state index in [4.69, 9.17) is 0 Å². The van der Waals surface area contributed by atoms with Gasteiger partial charge in [-0.25, -0.2) is 0 Å². The molecule has 2 aliphatic carbocycles. The van der Waals surface area contributed by atoms with Crippen LogP contribution in [-0.4, -0.2) is 0 Å². The van der Waals surface area contributed by atoms with Gasteiger partial charge in [-0.3, -0.25) is 0 Å². The van der Waals surface area contributed by atoms with E-state index in [0.717, 1.165) is 23.7 Å². The molecule has 0 radical (unpaired) electrons. The first kappa shape index (κ1) is 21.0. The molecule has 0 aromatic heterocycles. The van der Waals surface area contributed by atoms with Crippen LogP contribution in [0.1, 0.15) is 123 Å². The van der Waals surface area contributed by atoms with Crippen LogP contribution in [0, 0.1) is 23.7 Å². The van der Waals surface area contributed by atoms with Gasteiger partial charge < -0.3 is 0 Å². The highest BCUT2D eigenvalue weighted by Gasteiger charge is 2.23. The maximum Gasteiger partial charge on any atom is -0.0205 e. The highest BCUT2D eigenvalue weighted by atomic mass is 14.3. The number of hydrogen-bond donors (Lipinski definition) is 0. The number of unbranched alkanes of at least 4 members (excludes halogenated alkanes) is 3. The minimum Gasteiger partial charge on any atom is -0.0883 e. The molecule has 2 fully saturated rings. The monoisotopic (exact) mass is 346 g/mol. The molecule has 2 atom stereocenters. The van der Waals surface area contributed by atoms with E-state index >= 15 is 0 Å². The topological polar surface area (TPSA) is 0 Å². The number of allylic oxidation sites excluding steroid dienone is 2. The molecule has 2 rings (SSSR count). The van der Waals surface area contributed by atoms with Gasteiger partial charge in [-0.05, 0) is 49.4 Å². The van der Waals surface area contributed by atoms with Crippen molar-refractivity contribution in [3.05, 3.63) is 12.2 Å². The fourth-order valence-electron chi connectivity index (χ4n) is 5.43. The largest absolute Gasteiger partial charge is 0.0883 e. The molecule has 0 heterocycles. The second kappa shape index (κ2) is 13.0. The molecule has 0 saturated heterocycles. The lowest BCUT2D eigenvalue weighted by Crippen LogP contribution is -2.18. The first-order chi connectivity index (χ1) is 12.3. The molecule has 0 aromatic rings. The second-order valence-electron chi connectivity index (χ2n) is 9.24. The molecule has 0 heteroatoms. The van der Waals surface area contributed by atoms with Crippen molar-refractivity contribution in [2.24, 2.45) is 23.7 Å². The Kier molecular flexibility index (Phi) is 10.9. The number of rotatable bonds is 11. The van der Waals surface area contributed by atoms with Gasteiger partial charge in [-0.2, -0.15) is 0 Å². The van der Waals surface area contributed by atoms with Crippen molar-refractivity contribution in [1.82, 2.24) is 0 Å². The average molecular weight is 347 g/mol. The smallest absolute Gasteiger partial charge is 0.0205 e. The van der Waals surface area contributed by atoms with Gasteiger partial charge in [-0.1, -0.05) is 109 Å². The lowest BCUT2D eigenvalue weighted by atomic mass is 9.75. The van der Waals surface area contributed by atoms with Crippen LogP contribution in [0.5, 0.6) is 0 Å². The molecule has 0 bridgehead atoms. The number of hydrogen-bond acceptors (Lipinski definition) is 0. The van der Waals surface area contributed by atoms with Crippen molar-refractivity contribution in [3.63, 3.8) is 0 Å². The summed E-state index contributed by atoms with van der Waals surface area (Å²) >= 11 is 0. The molecular weight excluding hydrogens is 300 g/mol. The summed E-state index contributed by atoms with van der Waals surface area (Å²) in [5.41, 5.74) is 0. The Balaban J connectivity index is 1.57. The summed E-state index contributed by atoms with van der Waals surface area (Å²) in [5, 5.41) is 0. The normalized spacial score (nSPS) is 30.8. The van der Waals surface area contributed by atoms with Gasteiger partial charge in [0.25, 0.3) is 0 Å². The van der Waals surface area contributed by atoms with E-state index in [2.05, 4.69) is 26.0 Å². The van der Waals surface area contributed by atoms with Gasteiger partial charge in [0.2, 0.25) is 0 Å². The Labute approximate surface area is 159 Å². The van der Waals surface area contributed by atoms with Gasteiger partial charge >= 0.3 is 0 Å². The molecule has 2 aliphatic rings. The van der Waals surface area contributed by atoms with E-state index in [1.807, 2.05) is 0 Å². The van der Waals surface area contributed by atoms with Crippen molar-refractivity contribution in [3.8, 4) is 0 Å². The van der Waals surface area contributed by atoms with E-state index < -0.39 is 0 Å². The van der Waals surface area contributed by atoms with Crippen LogP contribution in [-0.2, 0) is 0 Å². The lowest BCUT2D eigenvalue weighted by molar-refractivity contribution is 0.234. The van der Waals surface area contributed by atoms with Crippen molar-refractivity contribution in [2.75, 3.05) is 0 Å². The van der Waals surface area contributed by atoms with E-state index in [-0.39, 0.29) is 0 Å². The van der Waals surface area contributed by atoms with Gasteiger partial charge in [0, 0.05) is 0 Å². The zero-order valence-electron chi connectivity index (χ0n) is 17.5. The quantitative estimate of drug-likeness (QED) is 0.259. The van der Waals surface area contributed by atoms with Crippen LogP contribution in [0.4, 0.5) is 0 Å². The van der Waals surface area contributed by atoms with E-state index in [1.54, 1.807) is 12.8 Å². The molecule has 2 unspecified atom stereocenters. The molecule has 2 saturated carbocycles. The summed E-state index contributed by atoms with van der Waals surface area (Å²) in [6.07, 6.45) is 30.1. The summed E-state index contributed by atoms with van der Waals surface area (Å²) in [5.74, 6) is 4.07. The first-order valence-electron chi connectivity index (χ1n) is 12.0. The maximum absolute atomic E-state index is 2.59. The lowest BCUT2D eigenvalue weighted by Gasteiger charge is -2.30. The summed E-state index contributed by atoms with van der Waals surface area (Å²) in [6.45, 7) is 4.63. The first-order valence-corrected chi connectivity index (χ1v) is 12.0. The van der Waals surface area contributed by atoms with Gasteiger partial charge in [0.1, 0.15) is 0 Å². The Bertz CT molecular complexity index is 334. The van der Waals surface area contributed by atoms with Crippen LogP contribution in [0.25, 0.3) is 0 Å².